The monoisotopic (exact) mass is 312 g/mol. The Kier molecular flexibility index (Phi) is 4.87. The van der Waals surface area contributed by atoms with E-state index in [-0.39, 0.29) is 18.1 Å². The molecule has 0 spiro atoms. The maximum absolute atomic E-state index is 12.0. The molecule has 1 aliphatic rings. The number of amides is 1. The molecule has 1 saturated carbocycles. The molecule has 0 atom stereocenters. The highest BCUT2D eigenvalue weighted by Crippen LogP contribution is 2.37. The van der Waals surface area contributed by atoms with Crippen molar-refractivity contribution in [1.29, 1.82) is 0 Å². The van der Waals surface area contributed by atoms with Crippen molar-refractivity contribution in [2.45, 2.75) is 56.3 Å². The van der Waals surface area contributed by atoms with E-state index in [9.17, 15) is 9.59 Å². The number of aliphatic carboxylic acids is 1. The zero-order valence-electron chi connectivity index (χ0n) is 12.2. The number of nitrogens with zero attached hydrogens (tertiary/aromatic N) is 3. The van der Waals surface area contributed by atoms with Crippen molar-refractivity contribution in [2.75, 3.05) is 5.75 Å². The Bertz CT molecular complexity index is 525. The number of thioether (sulfide) groups is 1. The van der Waals surface area contributed by atoms with Gasteiger partial charge >= 0.3 is 5.97 Å². The van der Waals surface area contributed by atoms with Crippen molar-refractivity contribution >= 4 is 23.6 Å². The third-order valence-electron chi connectivity index (χ3n) is 3.25. The number of hydrogen-bond donors (Lipinski definition) is 2. The fourth-order valence-electron chi connectivity index (χ4n) is 1.96. The van der Waals surface area contributed by atoms with E-state index in [1.165, 1.54) is 11.8 Å². The summed E-state index contributed by atoms with van der Waals surface area (Å²) in [6, 6.07) is 0.484. The SMILES string of the molecule is CC(C)(CCC(=O)O)NC(=O)CSc1nncn1C1CC1. The van der Waals surface area contributed by atoms with Crippen LogP contribution in [0.5, 0.6) is 0 Å². The Morgan fingerprint density at radius 3 is 2.86 bits per heavy atom. The van der Waals surface area contributed by atoms with Crippen LogP contribution < -0.4 is 5.32 Å². The van der Waals surface area contributed by atoms with Gasteiger partial charge in [0, 0.05) is 18.0 Å². The van der Waals surface area contributed by atoms with Gasteiger partial charge in [-0.25, -0.2) is 0 Å². The molecule has 0 aromatic carbocycles. The molecule has 1 aromatic rings. The van der Waals surface area contributed by atoms with Crippen LogP contribution in [-0.4, -0.2) is 43.0 Å². The Hall–Kier alpha value is -1.57. The predicted molar refractivity (Wildman–Crippen MR) is 78.1 cm³/mol. The van der Waals surface area contributed by atoms with Crippen LogP contribution in [0.3, 0.4) is 0 Å². The number of carbonyl (C=O) groups excluding carboxylic acids is 1. The molecule has 0 bridgehead atoms. The quantitative estimate of drug-likeness (QED) is 0.705. The molecule has 21 heavy (non-hydrogen) atoms. The van der Waals surface area contributed by atoms with Crippen molar-refractivity contribution in [3.8, 4) is 0 Å². The van der Waals surface area contributed by atoms with Crippen molar-refractivity contribution in [3.63, 3.8) is 0 Å². The molecule has 1 heterocycles. The summed E-state index contributed by atoms with van der Waals surface area (Å²) in [5.74, 6) is -0.730. The molecular weight excluding hydrogens is 292 g/mol. The Morgan fingerprint density at radius 2 is 2.24 bits per heavy atom. The highest BCUT2D eigenvalue weighted by Gasteiger charge is 2.27. The van der Waals surface area contributed by atoms with Crippen LogP contribution in [0.15, 0.2) is 11.5 Å². The average molecular weight is 312 g/mol. The summed E-state index contributed by atoms with van der Waals surface area (Å²) in [6.45, 7) is 3.65. The third-order valence-corrected chi connectivity index (χ3v) is 4.21. The van der Waals surface area contributed by atoms with Gasteiger partial charge in [0.15, 0.2) is 5.16 Å². The standard InChI is InChI=1S/C13H20N4O3S/c1-13(2,6-5-11(19)20)15-10(18)7-21-12-16-14-8-17(12)9-3-4-9/h8-9H,3-7H2,1-2H3,(H,15,18)(H,19,20). The van der Waals surface area contributed by atoms with Crippen molar-refractivity contribution in [1.82, 2.24) is 20.1 Å². The van der Waals surface area contributed by atoms with Gasteiger partial charge in [0.25, 0.3) is 0 Å². The molecule has 0 aliphatic heterocycles. The van der Waals surface area contributed by atoms with E-state index in [1.807, 2.05) is 18.4 Å². The third kappa shape index (κ3) is 5.04. The zero-order valence-corrected chi connectivity index (χ0v) is 13.0. The van der Waals surface area contributed by atoms with Gasteiger partial charge in [-0.05, 0) is 33.1 Å². The van der Waals surface area contributed by atoms with Gasteiger partial charge in [0.2, 0.25) is 5.91 Å². The van der Waals surface area contributed by atoms with Gasteiger partial charge in [-0.2, -0.15) is 0 Å². The first-order valence-electron chi connectivity index (χ1n) is 6.92. The van der Waals surface area contributed by atoms with Crippen LogP contribution in [-0.2, 0) is 9.59 Å². The summed E-state index contributed by atoms with van der Waals surface area (Å²) in [7, 11) is 0. The first kappa shape index (κ1) is 15.8. The molecule has 2 rings (SSSR count). The van der Waals surface area contributed by atoms with Crippen LogP contribution in [0.2, 0.25) is 0 Å². The van der Waals surface area contributed by atoms with Gasteiger partial charge in [-0.15, -0.1) is 10.2 Å². The van der Waals surface area contributed by atoms with E-state index in [1.54, 1.807) is 6.33 Å². The van der Waals surface area contributed by atoms with E-state index in [4.69, 9.17) is 5.11 Å². The van der Waals surface area contributed by atoms with Gasteiger partial charge < -0.3 is 15.0 Å². The largest absolute Gasteiger partial charge is 0.481 e. The second-order valence-electron chi connectivity index (χ2n) is 5.87. The van der Waals surface area contributed by atoms with Crippen LogP contribution in [0.4, 0.5) is 0 Å². The minimum atomic E-state index is -0.857. The topological polar surface area (TPSA) is 97.1 Å². The molecule has 1 fully saturated rings. The van der Waals surface area contributed by atoms with E-state index in [0.717, 1.165) is 18.0 Å². The summed E-state index contributed by atoms with van der Waals surface area (Å²) < 4.78 is 2.01. The van der Waals surface area contributed by atoms with Gasteiger partial charge in [0.1, 0.15) is 6.33 Å². The second kappa shape index (κ2) is 6.46. The number of carbonyl (C=O) groups is 2. The lowest BCUT2D eigenvalue weighted by atomic mass is 9.98. The van der Waals surface area contributed by atoms with Crippen molar-refractivity contribution < 1.29 is 14.7 Å². The molecule has 116 valence electrons. The van der Waals surface area contributed by atoms with Gasteiger partial charge in [0.05, 0.1) is 5.75 Å². The molecule has 0 saturated heterocycles. The molecule has 1 aliphatic carbocycles. The average Bonchev–Trinajstić information content (AvgIpc) is 3.13. The lowest BCUT2D eigenvalue weighted by Gasteiger charge is -2.25. The zero-order chi connectivity index (χ0) is 15.5. The van der Waals surface area contributed by atoms with E-state index >= 15 is 0 Å². The summed E-state index contributed by atoms with van der Waals surface area (Å²) in [5.41, 5.74) is -0.528. The normalized spacial score (nSPS) is 15.0. The molecular formula is C13H20N4O3S. The van der Waals surface area contributed by atoms with Gasteiger partial charge in [-0.1, -0.05) is 11.8 Å². The molecule has 1 aromatic heterocycles. The summed E-state index contributed by atoms with van der Waals surface area (Å²) >= 11 is 1.36. The number of hydrogen-bond acceptors (Lipinski definition) is 5. The van der Waals surface area contributed by atoms with Crippen molar-refractivity contribution in [3.05, 3.63) is 6.33 Å². The fourth-order valence-corrected chi connectivity index (χ4v) is 2.75. The maximum atomic E-state index is 12.0. The molecule has 0 radical (unpaired) electrons. The Morgan fingerprint density at radius 1 is 1.52 bits per heavy atom. The van der Waals surface area contributed by atoms with E-state index in [2.05, 4.69) is 15.5 Å². The minimum Gasteiger partial charge on any atom is -0.481 e. The number of rotatable bonds is 8. The lowest BCUT2D eigenvalue weighted by Crippen LogP contribution is -2.44. The van der Waals surface area contributed by atoms with Crippen molar-refractivity contribution in [2.24, 2.45) is 0 Å². The van der Waals surface area contributed by atoms with Crippen LogP contribution >= 0.6 is 11.8 Å². The number of nitrogens with one attached hydrogen (secondary N) is 1. The highest BCUT2D eigenvalue weighted by molar-refractivity contribution is 7.99. The molecule has 2 N–H and O–H groups in total. The maximum Gasteiger partial charge on any atom is 0.303 e. The minimum absolute atomic E-state index is 0.0381. The predicted octanol–water partition coefficient (Wildman–Crippen LogP) is 1.46. The second-order valence-corrected chi connectivity index (χ2v) is 6.81. The molecule has 1 amide bonds. The highest BCUT2D eigenvalue weighted by atomic mass is 32.2. The first-order chi connectivity index (χ1) is 9.87. The Balaban J connectivity index is 1.78. The fraction of sp³-hybridized carbons (Fsp3) is 0.692. The summed E-state index contributed by atoms with van der Waals surface area (Å²) in [5, 5.41) is 20.2. The lowest BCUT2D eigenvalue weighted by molar-refractivity contribution is -0.137. The van der Waals surface area contributed by atoms with Crippen LogP contribution in [0.1, 0.15) is 45.6 Å². The van der Waals surface area contributed by atoms with E-state index in [0.29, 0.717) is 12.5 Å². The number of aromatic nitrogens is 3. The summed E-state index contributed by atoms with van der Waals surface area (Å²) in [4.78, 5) is 22.5. The Labute approximate surface area is 127 Å². The number of carboxylic acid groups (broad SMARTS) is 1. The molecule has 0 unspecified atom stereocenters. The molecule has 8 heteroatoms. The van der Waals surface area contributed by atoms with Gasteiger partial charge in [-0.3, -0.25) is 9.59 Å². The molecule has 7 nitrogen and oxygen atoms in total. The van der Waals surface area contributed by atoms with Crippen LogP contribution in [0.25, 0.3) is 0 Å². The van der Waals surface area contributed by atoms with E-state index < -0.39 is 11.5 Å². The smallest absolute Gasteiger partial charge is 0.303 e. The van der Waals surface area contributed by atoms with Crippen LogP contribution in [0, 0.1) is 0 Å². The first-order valence-corrected chi connectivity index (χ1v) is 7.91. The number of carboxylic acids is 1. The summed E-state index contributed by atoms with van der Waals surface area (Å²) in [6.07, 6.45) is 4.42.